The minimum Gasteiger partial charge on any atom is -0.354 e. The molecule has 2 aliphatic heterocycles. The van der Waals surface area contributed by atoms with E-state index in [2.05, 4.69) is 20.8 Å². The van der Waals surface area contributed by atoms with Gasteiger partial charge in [0.1, 0.15) is 11.7 Å². The molecule has 8 nitrogen and oxygen atoms in total. The summed E-state index contributed by atoms with van der Waals surface area (Å²) in [7, 11) is 0. The number of nitrogens with one attached hydrogen (secondary N) is 3. The van der Waals surface area contributed by atoms with Crippen LogP contribution in [0.4, 0.5) is 0 Å². The number of hydrogen-bond acceptors (Lipinski definition) is 4. The van der Waals surface area contributed by atoms with Crippen LogP contribution in [-0.2, 0) is 9.59 Å². The molecule has 1 aromatic rings. The first-order valence-electron chi connectivity index (χ1n) is 9.52. The molecule has 1 aromatic heterocycles. The van der Waals surface area contributed by atoms with Crippen molar-refractivity contribution in [3.8, 4) is 0 Å². The molecule has 0 aromatic carbocycles. The molecule has 2 saturated heterocycles. The molecular formula is C18H25N5O3. The zero-order valence-corrected chi connectivity index (χ0v) is 14.8. The van der Waals surface area contributed by atoms with Crippen molar-refractivity contribution < 1.29 is 14.4 Å². The smallest absolute Gasteiger partial charge is 0.274 e. The predicted octanol–water partition coefficient (Wildman–Crippen LogP) is 0.534. The van der Waals surface area contributed by atoms with Gasteiger partial charge in [0.15, 0.2) is 0 Å². The molecule has 8 heteroatoms. The summed E-state index contributed by atoms with van der Waals surface area (Å²) >= 11 is 0. The fourth-order valence-corrected chi connectivity index (χ4v) is 3.73. The van der Waals surface area contributed by atoms with E-state index in [1.165, 1.54) is 12.8 Å². The number of nitrogens with zero attached hydrogens (tertiary/aromatic N) is 2. The fraction of sp³-hybridized carbons (Fsp3) is 0.667. The van der Waals surface area contributed by atoms with Crippen LogP contribution in [0.3, 0.4) is 0 Å². The van der Waals surface area contributed by atoms with E-state index in [1.807, 2.05) is 11.0 Å². The van der Waals surface area contributed by atoms with E-state index in [1.54, 1.807) is 0 Å². The largest absolute Gasteiger partial charge is 0.354 e. The first-order valence-corrected chi connectivity index (χ1v) is 9.52. The second kappa shape index (κ2) is 7.09. The van der Waals surface area contributed by atoms with Crippen LogP contribution in [0.1, 0.15) is 60.6 Å². The summed E-state index contributed by atoms with van der Waals surface area (Å²) < 4.78 is 0. The Morgan fingerprint density at radius 3 is 2.62 bits per heavy atom. The third-order valence-corrected chi connectivity index (χ3v) is 5.61. The lowest BCUT2D eigenvalue weighted by Crippen LogP contribution is -2.45. The van der Waals surface area contributed by atoms with Crippen molar-refractivity contribution in [2.24, 2.45) is 5.92 Å². The number of piperidine rings is 1. The lowest BCUT2D eigenvalue weighted by molar-refractivity contribution is -0.125. The van der Waals surface area contributed by atoms with Crippen molar-refractivity contribution in [2.75, 3.05) is 19.6 Å². The first kappa shape index (κ1) is 17.1. The lowest BCUT2D eigenvalue weighted by Gasteiger charge is -2.31. The Hall–Kier alpha value is -2.38. The van der Waals surface area contributed by atoms with Crippen LogP contribution < -0.4 is 10.6 Å². The summed E-state index contributed by atoms with van der Waals surface area (Å²) in [5.41, 5.74) is 1.58. The Balaban J connectivity index is 1.21. The molecule has 3 aliphatic rings. The molecule has 3 N–H and O–H groups in total. The van der Waals surface area contributed by atoms with Gasteiger partial charge in [-0.25, -0.2) is 0 Å². The molecule has 1 aliphatic carbocycles. The Bertz CT molecular complexity index is 703. The van der Waals surface area contributed by atoms with Crippen molar-refractivity contribution in [2.45, 2.75) is 50.5 Å². The first-order chi connectivity index (χ1) is 12.6. The van der Waals surface area contributed by atoms with Gasteiger partial charge in [-0.05, 0) is 44.1 Å². The molecule has 4 rings (SSSR count). The van der Waals surface area contributed by atoms with Crippen molar-refractivity contribution in [1.82, 2.24) is 25.7 Å². The summed E-state index contributed by atoms with van der Waals surface area (Å²) in [4.78, 5) is 37.7. The molecule has 3 heterocycles. The number of aromatic nitrogens is 2. The molecule has 0 radical (unpaired) electrons. The molecule has 0 bridgehead atoms. The average molecular weight is 359 g/mol. The number of carbonyl (C=O) groups is 3. The monoisotopic (exact) mass is 359 g/mol. The van der Waals surface area contributed by atoms with Crippen LogP contribution in [0, 0.1) is 5.92 Å². The number of H-pyrrole nitrogens is 1. The average Bonchev–Trinajstić information content (AvgIpc) is 3.22. The van der Waals surface area contributed by atoms with Gasteiger partial charge in [-0.3, -0.25) is 19.5 Å². The van der Waals surface area contributed by atoms with Gasteiger partial charge in [0, 0.05) is 37.7 Å². The summed E-state index contributed by atoms with van der Waals surface area (Å²) in [6.45, 7) is 1.97. The summed E-state index contributed by atoms with van der Waals surface area (Å²) in [6, 6.07) is 1.51. The zero-order valence-electron chi connectivity index (χ0n) is 14.8. The molecule has 3 fully saturated rings. The van der Waals surface area contributed by atoms with Gasteiger partial charge in [0.2, 0.25) is 11.8 Å². The van der Waals surface area contributed by atoms with Gasteiger partial charge < -0.3 is 15.5 Å². The number of aromatic amines is 1. The van der Waals surface area contributed by atoms with Crippen molar-refractivity contribution in [3.05, 3.63) is 17.5 Å². The van der Waals surface area contributed by atoms with Crippen LogP contribution in [-0.4, -0.2) is 58.5 Å². The molecule has 1 atom stereocenters. The maximum atomic E-state index is 12.6. The second-order valence-electron chi connectivity index (χ2n) is 7.62. The van der Waals surface area contributed by atoms with Crippen LogP contribution in [0.5, 0.6) is 0 Å². The van der Waals surface area contributed by atoms with Gasteiger partial charge in [0.05, 0.1) is 0 Å². The molecule has 1 saturated carbocycles. The van der Waals surface area contributed by atoms with Crippen LogP contribution in [0.15, 0.2) is 6.07 Å². The minimum atomic E-state index is -0.385. The molecule has 26 heavy (non-hydrogen) atoms. The normalized spacial score (nSPS) is 23.8. The molecule has 0 unspecified atom stereocenters. The number of hydrogen-bond donors (Lipinski definition) is 3. The Labute approximate surface area is 152 Å². The van der Waals surface area contributed by atoms with Gasteiger partial charge >= 0.3 is 0 Å². The van der Waals surface area contributed by atoms with Crippen LogP contribution >= 0.6 is 0 Å². The zero-order chi connectivity index (χ0) is 18.1. The summed E-state index contributed by atoms with van der Waals surface area (Å²) in [5, 5.41) is 12.8. The van der Waals surface area contributed by atoms with Crippen LogP contribution in [0.2, 0.25) is 0 Å². The molecule has 0 spiro atoms. The van der Waals surface area contributed by atoms with Crippen molar-refractivity contribution in [3.63, 3.8) is 0 Å². The number of amides is 3. The lowest BCUT2D eigenvalue weighted by atomic mass is 9.96. The van der Waals surface area contributed by atoms with Crippen molar-refractivity contribution >= 4 is 17.7 Å². The highest BCUT2D eigenvalue weighted by Gasteiger charge is 2.30. The van der Waals surface area contributed by atoms with Crippen molar-refractivity contribution in [1.29, 1.82) is 0 Å². The van der Waals surface area contributed by atoms with E-state index in [0.29, 0.717) is 50.0 Å². The third kappa shape index (κ3) is 3.73. The fourth-order valence-electron chi connectivity index (χ4n) is 3.73. The quantitative estimate of drug-likeness (QED) is 0.713. The molecular weight excluding hydrogens is 334 g/mol. The maximum Gasteiger partial charge on any atom is 0.274 e. The molecule has 140 valence electrons. The van der Waals surface area contributed by atoms with E-state index in [9.17, 15) is 14.4 Å². The Morgan fingerprint density at radius 2 is 1.96 bits per heavy atom. The van der Waals surface area contributed by atoms with Gasteiger partial charge in [0.25, 0.3) is 5.91 Å². The van der Waals surface area contributed by atoms with E-state index in [4.69, 9.17) is 0 Å². The van der Waals surface area contributed by atoms with Gasteiger partial charge in [-0.15, -0.1) is 0 Å². The SMILES string of the molecule is O=C1CC[C@H](C(=O)NCC2CCN(C(=O)c3cc(C4CC4)[nH]n3)CC2)N1. The Morgan fingerprint density at radius 1 is 1.19 bits per heavy atom. The second-order valence-corrected chi connectivity index (χ2v) is 7.62. The highest BCUT2D eigenvalue weighted by atomic mass is 16.2. The highest BCUT2D eigenvalue weighted by Crippen LogP contribution is 2.39. The van der Waals surface area contributed by atoms with E-state index >= 15 is 0 Å². The van der Waals surface area contributed by atoms with E-state index in [-0.39, 0.29) is 23.8 Å². The summed E-state index contributed by atoms with van der Waals surface area (Å²) in [6.07, 6.45) is 5.08. The topological polar surface area (TPSA) is 107 Å². The number of rotatable bonds is 5. The number of carbonyl (C=O) groups excluding carboxylic acids is 3. The van der Waals surface area contributed by atoms with E-state index < -0.39 is 0 Å². The van der Waals surface area contributed by atoms with E-state index in [0.717, 1.165) is 18.5 Å². The van der Waals surface area contributed by atoms with Crippen LogP contribution in [0.25, 0.3) is 0 Å². The predicted molar refractivity (Wildman–Crippen MR) is 93.4 cm³/mol. The molecule has 3 amide bonds. The minimum absolute atomic E-state index is 0.00990. The summed E-state index contributed by atoms with van der Waals surface area (Å²) in [5.74, 6) is 0.757. The third-order valence-electron chi connectivity index (χ3n) is 5.61. The number of likely N-dealkylation sites (tertiary alicyclic amines) is 1. The highest BCUT2D eigenvalue weighted by molar-refractivity contribution is 5.92. The van der Waals surface area contributed by atoms with Gasteiger partial charge in [-0.1, -0.05) is 0 Å². The standard InChI is InChI=1S/C18H25N5O3/c24-16-4-3-13(20-16)17(25)19-10-11-5-7-23(8-6-11)18(26)15-9-14(21-22-15)12-1-2-12/h9,11-13H,1-8,10H2,(H,19,25)(H,20,24)(H,21,22)/t13-/m1/s1. The Kier molecular flexibility index (Phi) is 4.65. The maximum absolute atomic E-state index is 12.6. The van der Waals surface area contributed by atoms with Gasteiger partial charge in [-0.2, -0.15) is 5.10 Å².